The Kier molecular flexibility index (Phi) is 6.24. The number of anilines is 1. The molecule has 1 amide bonds. The summed E-state index contributed by atoms with van der Waals surface area (Å²) in [4.78, 5) is 26.9. The molecule has 0 aromatic carbocycles. The molecule has 0 aliphatic carbocycles. The number of carbonyl (C=O) groups excluding carboxylic acids is 1. The first kappa shape index (κ1) is 17.2. The summed E-state index contributed by atoms with van der Waals surface area (Å²) >= 11 is 0. The molecule has 8 heteroatoms. The number of rotatable bonds is 7. The summed E-state index contributed by atoms with van der Waals surface area (Å²) in [7, 11) is 0. The number of nitrogens with zero attached hydrogens (tertiary/aromatic N) is 4. The van der Waals surface area contributed by atoms with Crippen LogP contribution >= 0.6 is 0 Å². The number of morpholine rings is 1. The molecule has 0 spiro atoms. The molecule has 0 radical (unpaired) electrons. The number of ether oxygens (including phenoxy) is 1. The zero-order chi connectivity index (χ0) is 17.3. The maximum atomic E-state index is 12.2. The molecule has 0 unspecified atom stereocenters. The molecule has 0 bridgehead atoms. The number of hydrogen-bond acceptors (Lipinski definition) is 7. The SMILES string of the molecule is O=C(NCCN1CCOCC1)c1cc(NCc2ccccn2)ncn1. The van der Waals surface area contributed by atoms with Gasteiger partial charge >= 0.3 is 0 Å². The molecular formula is C17H22N6O2. The third-order valence-electron chi connectivity index (χ3n) is 3.89. The first-order valence-electron chi connectivity index (χ1n) is 8.35. The van der Waals surface area contributed by atoms with Crippen LogP contribution in [-0.2, 0) is 11.3 Å². The van der Waals surface area contributed by atoms with Crippen molar-refractivity contribution in [2.24, 2.45) is 0 Å². The second-order valence-electron chi connectivity index (χ2n) is 5.67. The topological polar surface area (TPSA) is 92.3 Å². The summed E-state index contributed by atoms with van der Waals surface area (Å²) in [5.74, 6) is 0.399. The van der Waals surface area contributed by atoms with Crippen LogP contribution in [0.2, 0.25) is 0 Å². The Morgan fingerprint density at radius 2 is 2.08 bits per heavy atom. The summed E-state index contributed by atoms with van der Waals surface area (Å²) in [5.41, 5.74) is 1.25. The van der Waals surface area contributed by atoms with Crippen molar-refractivity contribution in [2.45, 2.75) is 6.54 Å². The monoisotopic (exact) mass is 342 g/mol. The van der Waals surface area contributed by atoms with Gasteiger partial charge in [-0.05, 0) is 12.1 Å². The smallest absolute Gasteiger partial charge is 0.270 e. The Hall–Kier alpha value is -2.58. The van der Waals surface area contributed by atoms with Crippen molar-refractivity contribution in [1.82, 2.24) is 25.2 Å². The average molecular weight is 342 g/mol. The molecule has 2 N–H and O–H groups in total. The molecule has 0 atom stereocenters. The predicted octanol–water partition coefficient (Wildman–Crippen LogP) is 0.546. The highest BCUT2D eigenvalue weighted by molar-refractivity contribution is 5.92. The van der Waals surface area contributed by atoms with Gasteiger partial charge < -0.3 is 15.4 Å². The molecule has 1 saturated heterocycles. The van der Waals surface area contributed by atoms with Gasteiger partial charge in [-0.3, -0.25) is 14.7 Å². The van der Waals surface area contributed by atoms with Gasteiger partial charge in [-0.2, -0.15) is 0 Å². The lowest BCUT2D eigenvalue weighted by Gasteiger charge is -2.26. The number of pyridine rings is 1. The summed E-state index contributed by atoms with van der Waals surface area (Å²) in [5, 5.41) is 6.04. The van der Waals surface area contributed by atoms with Crippen molar-refractivity contribution in [2.75, 3.05) is 44.7 Å². The first-order valence-corrected chi connectivity index (χ1v) is 8.35. The van der Waals surface area contributed by atoms with Crippen LogP contribution in [0.5, 0.6) is 0 Å². The molecule has 2 aromatic rings. The first-order chi connectivity index (χ1) is 12.3. The van der Waals surface area contributed by atoms with Crippen LogP contribution in [0.3, 0.4) is 0 Å². The Labute approximate surface area is 146 Å². The lowest BCUT2D eigenvalue weighted by Crippen LogP contribution is -2.41. The molecule has 25 heavy (non-hydrogen) atoms. The number of nitrogens with one attached hydrogen (secondary N) is 2. The van der Waals surface area contributed by atoms with Crippen LogP contribution < -0.4 is 10.6 Å². The van der Waals surface area contributed by atoms with E-state index in [1.54, 1.807) is 12.3 Å². The van der Waals surface area contributed by atoms with Crippen LogP contribution in [0.25, 0.3) is 0 Å². The summed E-state index contributed by atoms with van der Waals surface area (Å²) in [6.07, 6.45) is 3.13. The zero-order valence-corrected chi connectivity index (χ0v) is 14.0. The van der Waals surface area contributed by atoms with E-state index in [1.807, 2.05) is 18.2 Å². The van der Waals surface area contributed by atoms with Crippen LogP contribution in [0, 0.1) is 0 Å². The number of aromatic nitrogens is 3. The average Bonchev–Trinajstić information content (AvgIpc) is 2.68. The normalized spacial score (nSPS) is 14.9. The molecule has 0 saturated carbocycles. The number of carbonyl (C=O) groups is 1. The second-order valence-corrected chi connectivity index (χ2v) is 5.67. The standard InChI is InChI=1S/C17H22N6O2/c24-17(19-5-6-23-7-9-25-10-8-23)15-11-16(22-13-21-15)20-12-14-3-1-2-4-18-14/h1-4,11,13H,5-10,12H2,(H,19,24)(H,20,21,22). The number of amides is 1. The van der Waals surface area contributed by atoms with E-state index in [2.05, 4.69) is 30.5 Å². The Bertz CT molecular complexity index is 676. The van der Waals surface area contributed by atoms with Crippen molar-refractivity contribution in [3.8, 4) is 0 Å². The summed E-state index contributed by atoms with van der Waals surface area (Å²) in [6.45, 7) is 5.26. The van der Waals surface area contributed by atoms with E-state index < -0.39 is 0 Å². The van der Waals surface area contributed by atoms with Gasteiger partial charge in [0.1, 0.15) is 17.8 Å². The van der Waals surface area contributed by atoms with E-state index in [0.717, 1.165) is 38.5 Å². The van der Waals surface area contributed by atoms with E-state index >= 15 is 0 Å². The van der Waals surface area contributed by atoms with Gasteiger partial charge in [0.15, 0.2) is 0 Å². The minimum Gasteiger partial charge on any atom is -0.379 e. The van der Waals surface area contributed by atoms with Crippen LogP contribution in [-0.4, -0.2) is 65.2 Å². The van der Waals surface area contributed by atoms with E-state index in [0.29, 0.717) is 24.6 Å². The van der Waals surface area contributed by atoms with E-state index in [1.165, 1.54) is 6.33 Å². The fourth-order valence-electron chi connectivity index (χ4n) is 2.50. The quantitative estimate of drug-likeness (QED) is 0.759. The van der Waals surface area contributed by atoms with Gasteiger partial charge in [0.2, 0.25) is 0 Å². The van der Waals surface area contributed by atoms with E-state index in [-0.39, 0.29) is 5.91 Å². The molecular weight excluding hydrogens is 320 g/mol. The molecule has 2 aromatic heterocycles. The predicted molar refractivity (Wildman–Crippen MR) is 93.2 cm³/mol. The van der Waals surface area contributed by atoms with E-state index in [9.17, 15) is 4.79 Å². The maximum Gasteiger partial charge on any atom is 0.270 e. The van der Waals surface area contributed by atoms with Gasteiger partial charge in [-0.15, -0.1) is 0 Å². The lowest BCUT2D eigenvalue weighted by molar-refractivity contribution is 0.0383. The zero-order valence-electron chi connectivity index (χ0n) is 14.0. The highest BCUT2D eigenvalue weighted by Crippen LogP contribution is 2.06. The molecule has 1 fully saturated rings. The van der Waals surface area contributed by atoms with Gasteiger partial charge in [0, 0.05) is 38.4 Å². The van der Waals surface area contributed by atoms with Crippen molar-refractivity contribution in [3.63, 3.8) is 0 Å². The number of hydrogen-bond donors (Lipinski definition) is 2. The largest absolute Gasteiger partial charge is 0.379 e. The second kappa shape index (κ2) is 9.05. The minimum atomic E-state index is -0.198. The Balaban J connectivity index is 1.47. The highest BCUT2D eigenvalue weighted by Gasteiger charge is 2.12. The molecule has 1 aliphatic heterocycles. The summed E-state index contributed by atoms with van der Waals surface area (Å²) < 4.78 is 5.31. The van der Waals surface area contributed by atoms with Crippen LogP contribution in [0.1, 0.15) is 16.2 Å². The van der Waals surface area contributed by atoms with Crippen molar-refractivity contribution < 1.29 is 9.53 Å². The fourth-order valence-corrected chi connectivity index (χ4v) is 2.50. The molecule has 1 aliphatic rings. The van der Waals surface area contributed by atoms with Gasteiger partial charge in [0.25, 0.3) is 5.91 Å². The van der Waals surface area contributed by atoms with Crippen molar-refractivity contribution in [3.05, 3.63) is 48.2 Å². The maximum absolute atomic E-state index is 12.2. The van der Waals surface area contributed by atoms with E-state index in [4.69, 9.17) is 4.74 Å². The Morgan fingerprint density at radius 1 is 1.20 bits per heavy atom. The van der Waals surface area contributed by atoms with Crippen molar-refractivity contribution >= 4 is 11.7 Å². The van der Waals surface area contributed by atoms with Gasteiger partial charge in [-0.1, -0.05) is 6.07 Å². The van der Waals surface area contributed by atoms with Crippen molar-refractivity contribution in [1.29, 1.82) is 0 Å². The summed E-state index contributed by atoms with van der Waals surface area (Å²) in [6, 6.07) is 7.37. The third-order valence-corrected chi connectivity index (χ3v) is 3.89. The lowest BCUT2D eigenvalue weighted by atomic mass is 10.3. The van der Waals surface area contributed by atoms with Crippen LogP contribution in [0.15, 0.2) is 36.8 Å². The van der Waals surface area contributed by atoms with Crippen LogP contribution in [0.4, 0.5) is 5.82 Å². The van der Waals surface area contributed by atoms with Gasteiger partial charge in [0.05, 0.1) is 25.5 Å². The molecule has 132 valence electrons. The molecule has 3 rings (SSSR count). The third kappa shape index (κ3) is 5.47. The minimum absolute atomic E-state index is 0.198. The highest BCUT2D eigenvalue weighted by atomic mass is 16.5. The fraction of sp³-hybridized carbons (Fsp3) is 0.412. The van der Waals surface area contributed by atoms with Gasteiger partial charge in [-0.25, -0.2) is 9.97 Å². The Morgan fingerprint density at radius 3 is 2.88 bits per heavy atom. The molecule has 3 heterocycles. The molecule has 8 nitrogen and oxygen atoms in total.